The van der Waals surface area contributed by atoms with Gasteiger partial charge >= 0.3 is 0 Å². The summed E-state index contributed by atoms with van der Waals surface area (Å²) in [6, 6.07) is 3.30. The van der Waals surface area contributed by atoms with Crippen LogP contribution in [0.1, 0.15) is 24.8 Å². The molecule has 2 rings (SSSR count). The number of rotatable bonds is 1. The second-order valence-corrected chi connectivity index (χ2v) is 5.35. The van der Waals surface area contributed by atoms with E-state index < -0.39 is 5.60 Å². The number of hydrogen-bond donors (Lipinski definition) is 1. The lowest BCUT2D eigenvalue weighted by molar-refractivity contribution is -0.0389. The van der Waals surface area contributed by atoms with Gasteiger partial charge in [-0.2, -0.15) is 0 Å². The van der Waals surface area contributed by atoms with Crippen molar-refractivity contribution in [1.82, 2.24) is 0 Å². The third-order valence-electron chi connectivity index (χ3n) is 2.70. The van der Waals surface area contributed by atoms with E-state index in [1.54, 1.807) is 12.1 Å². The van der Waals surface area contributed by atoms with Gasteiger partial charge in [-0.15, -0.1) is 0 Å². The maximum atomic E-state index is 13.2. The molecular formula is C10H9Br2FO. The molecule has 0 radical (unpaired) electrons. The van der Waals surface area contributed by atoms with Gasteiger partial charge < -0.3 is 5.11 Å². The third-order valence-corrected chi connectivity index (χ3v) is 3.86. The second-order valence-electron chi connectivity index (χ2n) is 3.64. The molecule has 1 aliphatic carbocycles. The molecule has 1 aromatic carbocycles. The van der Waals surface area contributed by atoms with Gasteiger partial charge in [0, 0.05) is 0 Å². The van der Waals surface area contributed by atoms with Crippen molar-refractivity contribution in [3.8, 4) is 0 Å². The van der Waals surface area contributed by atoms with Crippen molar-refractivity contribution in [3.05, 3.63) is 32.5 Å². The van der Waals surface area contributed by atoms with Crippen LogP contribution in [-0.2, 0) is 5.60 Å². The molecule has 1 fully saturated rings. The standard InChI is InChI=1S/C10H9Br2FO/c11-7-4-6(5-8(12)9(7)13)10(14)2-1-3-10/h4-5,14H,1-3H2. The smallest absolute Gasteiger partial charge is 0.151 e. The van der Waals surface area contributed by atoms with Gasteiger partial charge in [-0.3, -0.25) is 0 Å². The summed E-state index contributed by atoms with van der Waals surface area (Å²) in [4.78, 5) is 0. The Balaban J connectivity index is 2.45. The molecular weight excluding hydrogens is 315 g/mol. The van der Waals surface area contributed by atoms with Crippen LogP contribution in [0.4, 0.5) is 4.39 Å². The highest BCUT2D eigenvalue weighted by molar-refractivity contribution is 9.11. The van der Waals surface area contributed by atoms with Crippen molar-refractivity contribution in [2.45, 2.75) is 24.9 Å². The molecule has 0 atom stereocenters. The average Bonchev–Trinajstić information content (AvgIpc) is 2.09. The summed E-state index contributed by atoms with van der Waals surface area (Å²) in [6.45, 7) is 0. The fourth-order valence-electron chi connectivity index (χ4n) is 1.62. The maximum absolute atomic E-state index is 13.2. The molecule has 0 amide bonds. The molecule has 0 saturated heterocycles. The third kappa shape index (κ3) is 1.64. The summed E-state index contributed by atoms with van der Waals surface area (Å²) >= 11 is 6.25. The summed E-state index contributed by atoms with van der Waals surface area (Å²) in [5.74, 6) is -0.323. The van der Waals surface area contributed by atoms with E-state index in [2.05, 4.69) is 31.9 Å². The summed E-state index contributed by atoms with van der Waals surface area (Å²) < 4.78 is 14.0. The highest BCUT2D eigenvalue weighted by Crippen LogP contribution is 2.43. The van der Waals surface area contributed by atoms with Crippen LogP contribution in [0.5, 0.6) is 0 Å². The number of halogens is 3. The van der Waals surface area contributed by atoms with Gasteiger partial charge in [0.05, 0.1) is 14.5 Å². The molecule has 1 saturated carbocycles. The molecule has 76 valence electrons. The van der Waals surface area contributed by atoms with Gasteiger partial charge in [-0.25, -0.2) is 4.39 Å². The van der Waals surface area contributed by atoms with Crippen LogP contribution < -0.4 is 0 Å². The molecule has 0 spiro atoms. The van der Waals surface area contributed by atoms with E-state index in [9.17, 15) is 9.50 Å². The van der Waals surface area contributed by atoms with Gasteiger partial charge in [0.2, 0.25) is 0 Å². The summed E-state index contributed by atoms with van der Waals surface area (Å²) in [5.41, 5.74) is 0.0440. The van der Waals surface area contributed by atoms with Crippen molar-refractivity contribution in [2.24, 2.45) is 0 Å². The summed E-state index contributed by atoms with van der Waals surface area (Å²) in [5, 5.41) is 10.1. The molecule has 0 unspecified atom stereocenters. The second kappa shape index (κ2) is 3.58. The van der Waals surface area contributed by atoms with Crippen LogP contribution in [0, 0.1) is 5.82 Å². The number of hydrogen-bond acceptors (Lipinski definition) is 1. The predicted octanol–water partition coefficient (Wildman–Crippen LogP) is 3.72. The van der Waals surface area contributed by atoms with E-state index in [1.807, 2.05) is 0 Å². The zero-order valence-corrected chi connectivity index (χ0v) is 10.5. The van der Waals surface area contributed by atoms with Crippen LogP contribution in [0.25, 0.3) is 0 Å². The molecule has 14 heavy (non-hydrogen) atoms. The molecule has 1 aromatic rings. The van der Waals surface area contributed by atoms with Gasteiger partial charge in [0.1, 0.15) is 0 Å². The molecule has 0 bridgehead atoms. The first-order valence-electron chi connectivity index (χ1n) is 4.40. The largest absolute Gasteiger partial charge is 0.385 e. The normalized spacial score (nSPS) is 19.1. The van der Waals surface area contributed by atoms with Crippen molar-refractivity contribution >= 4 is 31.9 Å². The fraction of sp³-hybridized carbons (Fsp3) is 0.400. The fourth-order valence-corrected chi connectivity index (χ4v) is 2.81. The molecule has 1 aliphatic rings. The van der Waals surface area contributed by atoms with E-state index in [1.165, 1.54) is 0 Å². The Morgan fingerprint density at radius 1 is 1.21 bits per heavy atom. The van der Waals surface area contributed by atoms with Crippen LogP contribution in [0.2, 0.25) is 0 Å². The van der Waals surface area contributed by atoms with E-state index in [4.69, 9.17) is 0 Å². The Morgan fingerprint density at radius 3 is 2.07 bits per heavy atom. The lowest BCUT2D eigenvalue weighted by atomic mass is 9.75. The van der Waals surface area contributed by atoms with Crippen molar-refractivity contribution in [1.29, 1.82) is 0 Å². The highest BCUT2D eigenvalue weighted by Gasteiger charge is 2.36. The summed E-state index contributed by atoms with van der Waals surface area (Å²) in [7, 11) is 0. The average molecular weight is 324 g/mol. The van der Waals surface area contributed by atoms with Gasteiger partial charge in [0.15, 0.2) is 5.82 Å². The van der Waals surface area contributed by atoms with Crippen LogP contribution in [0.3, 0.4) is 0 Å². The lowest BCUT2D eigenvalue weighted by Crippen LogP contribution is -2.33. The monoisotopic (exact) mass is 322 g/mol. The van der Waals surface area contributed by atoms with E-state index in [-0.39, 0.29) is 5.82 Å². The van der Waals surface area contributed by atoms with Crippen molar-refractivity contribution in [2.75, 3.05) is 0 Å². The minimum atomic E-state index is -0.737. The number of benzene rings is 1. The van der Waals surface area contributed by atoms with Crippen molar-refractivity contribution < 1.29 is 9.50 Å². The molecule has 1 N–H and O–H groups in total. The Morgan fingerprint density at radius 2 is 1.71 bits per heavy atom. The van der Waals surface area contributed by atoms with E-state index in [0.717, 1.165) is 24.8 Å². The highest BCUT2D eigenvalue weighted by atomic mass is 79.9. The van der Waals surface area contributed by atoms with Gasteiger partial charge in [-0.05, 0) is 68.8 Å². The Bertz CT molecular complexity index is 351. The summed E-state index contributed by atoms with van der Waals surface area (Å²) in [6.07, 6.45) is 2.55. The molecule has 0 aromatic heterocycles. The van der Waals surface area contributed by atoms with Crippen LogP contribution in [0.15, 0.2) is 21.1 Å². The quantitative estimate of drug-likeness (QED) is 0.781. The first-order valence-corrected chi connectivity index (χ1v) is 5.99. The first kappa shape index (κ1) is 10.6. The van der Waals surface area contributed by atoms with E-state index >= 15 is 0 Å². The maximum Gasteiger partial charge on any atom is 0.151 e. The lowest BCUT2D eigenvalue weighted by Gasteiger charge is -2.37. The van der Waals surface area contributed by atoms with Gasteiger partial charge in [0.25, 0.3) is 0 Å². The van der Waals surface area contributed by atoms with Crippen LogP contribution >= 0.6 is 31.9 Å². The molecule has 0 aliphatic heterocycles. The number of aliphatic hydroxyl groups is 1. The predicted molar refractivity (Wildman–Crippen MR) is 59.5 cm³/mol. The van der Waals surface area contributed by atoms with Crippen molar-refractivity contribution in [3.63, 3.8) is 0 Å². The topological polar surface area (TPSA) is 20.2 Å². The van der Waals surface area contributed by atoms with Gasteiger partial charge in [-0.1, -0.05) is 0 Å². The molecule has 0 heterocycles. The molecule has 4 heteroatoms. The van der Waals surface area contributed by atoms with Crippen LogP contribution in [-0.4, -0.2) is 5.11 Å². The zero-order chi connectivity index (χ0) is 10.3. The first-order chi connectivity index (χ1) is 6.53. The molecule has 1 nitrogen and oxygen atoms in total. The Labute approximate surface area is 98.6 Å². The minimum Gasteiger partial charge on any atom is -0.385 e. The Kier molecular flexibility index (Phi) is 2.70. The minimum absolute atomic E-state index is 0.323. The Hall–Kier alpha value is 0.0700. The SMILES string of the molecule is OC1(c2cc(Br)c(F)c(Br)c2)CCC1. The van der Waals surface area contributed by atoms with E-state index in [0.29, 0.717) is 8.95 Å². The zero-order valence-electron chi connectivity index (χ0n) is 7.36.